The minimum Gasteiger partial charge on any atom is -0.440 e. The van der Waals surface area contributed by atoms with Gasteiger partial charge in [0, 0.05) is 17.5 Å². The van der Waals surface area contributed by atoms with Gasteiger partial charge in [-0.1, -0.05) is 37.6 Å². The first-order chi connectivity index (χ1) is 9.06. The number of Topliss-reactive ketones (excluding diaryl/α,β-unsaturated/α-hetero) is 2. The molecule has 0 spiro atoms. The van der Waals surface area contributed by atoms with E-state index in [0.29, 0.717) is 6.42 Å². The number of rotatable bonds is 4. The Hall–Kier alpha value is -2.01. The van der Waals surface area contributed by atoms with Crippen LogP contribution in [0.4, 0.5) is 0 Å². The highest BCUT2D eigenvalue weighted by atomic mass is 16.6. The Morgan fingerprint density at radius 1 is 1.21 bits per heavy atom. The van der Waals surface area contributed by atoms with E-state index >= 15 is 0 Å². The summed E-state index contributed by atoms with van der Waals surface area (Å²) in [6.07, 6.45) is 0.620. The third-order valence-electron chi connectivity index (χ3n) is 3.17. The minimum atomic E-state index is -1.79. The Bertz CT molecular complexity index is 512. The quantitative estimate of drug-likeness (QED) is 0.650. The van der Waals surface area contributed by atoms with Gasteiger partial charge in [-0.3, -0.25) is 9.59 Å². The molecule has 0 fully saturated rings. The van der Waals surface area contributed by atoms with Crippen molar-refractivity contribution in [2.24, 2.45) is 0 Å². The standard InChI is InChI=1S/C14H14O5/c1-2-7-14(19-11(16)8-15)12(17)9-5-3-4-6-10(9)13(14)18/h3-6,15H,2,7-8H2,1H3. The van der Waals surface area contributed by atoms with Crippen LogP contribution in [0, 0.1) is 0 Å². The topological polar surface area (TPSA) is 80.7 Å². The van der Waals surface area contributed by atoms with E-state index in [1.807, 2.05) is 0 Å². The second kappa shape index (κ2) is 4.93. The van der Waals surface area contributed by atoms with Crippen LogP contribution in [0.5, 0.6) is 0 Å². The predicted molar refractivity (Wildman–Crippen MR) is 65.9 cm³/mol. The molecular weight excluding hydrogens is 248 g/mol. The monoisotopic (exact) mass is 262 g/mol. The summed E-state index contributed by atoms with van der Waals surface area (Å²) in [5.74, 6) is -1.98. The number of carbonyl (C=O) groups is 3. The fourth-order valence-corrected chi connectivity index (χ4v) is 2.37. The summed E-state index contributed by atoms with van der Waals surface area (Å²) < 4.78 is 5.01. The maximum atomic E-state index is 12.4. The number of hydrogen-bond donors (Lipinski definition) is 1. The Morgan fingerprint density at radius 3 is 2.16 bits per heavy atom. The van der Waals surface area contributed by atoms with Crippen molar-refractivity contribution in [3.8, 4) is 0 Å². The molecule has 0 saturated carbocycles. The Balaban J connectivity index is 2.49. The molecule has 0 bridgehead atoms. The molecule has 0 saturated heterocycles. The average molecular weight is 262 g/mol. The molecule has 0 atom stereocenters. The summed E-state index contributed by atoms with van der Waals surface area (Å²) in [5, 5.41) is 8.77. The van der Waals surface area contributed by atoms with Crippen LogP contribution in [0.3, 0.4) is 0 Å². The van der Waals surface area contributed by atoms with Gasteiger partial charge in [0.25, 0.3) is 0 Å². The lowest BCUT2D eigenvalue weighted by atomic mass is 9.92. The summed E-state index contributed by atoms with van der Waals surface area (Å²) >= 11 is 0. The lowest BCUT2D eigenvalue weighted by Gasteiger charge is -2.25. The molecular formula is C14H14O5. The van der Waals surface area contributed by atoms with E-state index in [2.05, 4.69) is 0 Å². The fourth-order valence-electron chi connectivity index (χ4n) is 2.37. The highest BCUT2D eigenvalue weighted by Gasteiger charge is 2.55. The number of ketones is 2. The van der Waals surface area contributed by atoms with Crippen molar-refractivity contribution in [2.75, 3.05) is 6.61 Å². The van der Waals surface area contributed by atoms with Crippen molar-refractivity contribution in [3.05, 3.63) is 35.4 Å². The van der Waals surface area contributed by atoms with Crippen LogP contribution in [0.1, 0.15) is 40.5 Å². The first kappa shape index (κ1) is 13.4. The smallest absolute Gasteiger partial charge is 0.333 e. The molecule has 100 valence electrons. The van der Waals surface area contributed by atoms with E-state index < -0.39 is 29.7 Å². The van der Waals surface area contributed by atoms with E-state index in [-0.39, 0.29) is 17.5 Å². The summed E-state index contributed by atoms with van der Waals surface area (Å²) in [5.41, 5.74) is -1.25. The van der Waals surface area contributed by atoms with Gasteiger partial charge in [-0.05, 0) is 0 Å². The molecule has 0 unspecified atom stereocenters. The van der Waals surface area contributed by atoms with Gasteiger partial charge in [-0.2, -0.15) is 0 Å². The summed E-state index contributed by atoms with van der Waals surface area (Å²) in [4.78, 5) is 36.1. The van der Waals surface area contributed by atoms with E-state index in [0.717, 1.165) is 0 Å². The first-order valence-electron chi connectivity index (χ1n) is 6.08. The van der Waals surface area contributed by atoms with Crippen molar-refractivity contribution in [1.82, 2.24) is 0 Å². The molecule has 0 aliphatic heterocycles. The van der Waals surface area contributed by atoms with Crippen LogP contribution in [0.2, 0.25) is 0 Å². The molecule has 0 radical (unpaired) electrons. The number of esters is 1. The summed E-state index contributed by atoms with van der Waals surface area (Å²) in [6.45, 7) is 0.931. The molecule has 1 aliphatic rings. The van der Waals surface area contributed by atoms with E-state index in [9.17, 15) is 14.4 Å². The Morgan fingerprint density at radius 2 is 1.74 bits per heavy atom. The minimum absolute atomic E-state index is 0.116. The van der Waals surface area contributed by atoms with E-state index in [1.54, 1.807) is 31.2 Å². The molecule has 2 rings (SSSR count). The van der Waals surface area contributed by atoms with Crippen molar-refractivity contribution in [3.63, 3.8) is 0 Å². The maximum Gasteiger partial charge on any atom is 0.333 e. The van der Waals surface area contributed by atoms with Gasteiger partial charge in [0.2, 0.25) is 17.2 Å². The number of aliphatic hydroxyl groups excluding tert-OH is 1. The molecule has 0 aromatic heterocycles. The molecule has 0 amide bonds. The van der Waals surface area contributed by atoms with Crippen LogP contribution in [0.25, 0.3) is 0 Å². The molecule has 0 heterocycles. The number of ether oxygens (including phenoxy) is 1. The predicted octanol–water partition coefficient (Wildman–Crippen LogP) is 1.14. The van der Waals surface area contributed by atoms with Gasteiger partial charge in [0.05, 0.1) is 0 Å². The van der Waals surface area contributed by atoms with Crippen LogP contribution >= 0.6 is 0 Å². The van der Waals surface area contributed by atoms with Crippen molar-refractivity contribution >= 4 is 17.5 Å². The molecule has 19 heavy (non-hydrogen) atoms. The Kier molecular flexibility index (Phi) is 3.48. The lowest BCUT2D eigenvalue weighted by Crippen LogP contribution is -2.46. The number of carbonyl (C=O) groups excluding carboxylic acids is 3. The summed E-state index contributed by atoms with van der Waals surface area (Å²) in [6, 6.07) is 6.39. The third kappa shape index (κ3) is 1.96. The zero-order valence-electron chi connectivity index (χ0n) is 10.5. The molecule has 1 aromatic rings. The van der Waals surface area contributed by atoms with Crippen LogP contribution in [-0.2, 0) is 9.53 Å². The van der Waals surface area contributed by atoms with Crippen molar-refractivity contribution < 1.29 is 24.2 Å². The van der Waals surface area contributed by atoms with Gasteiger partial charge >= 0.3 is 5.97 Å². The summed E-state index contributed by atoms with van der Waals surface area (Å²) in [7, 11) is 0. The van der Waals surface area contributed by atoms with Gasteiger partial charge in [-0.15, -0.1) is 0 Å². The number of fused-ring (bicyclic) bond motifs is 1. The van der Waals surface area contributed by atoms with Crippen LogP contribution < -0.4 is 0 Å². The largest absolute Gasteiger partial charge is 0.440 e. The zero-order chi connectivity index (χ0) is 14.0. The highest BCUT2D eigenvalue weighted by Crippen LogP contribution is 2.36. The van der Waals surface area contributed by atoms with Gasteiger partial charge in [-0.25, -0.2) is 4.79 Å². The first-order valence-corrected chi connectivity index (χ1v) is 6.08. The van der Waals surface area contributed by atoms with Gasteiger partial charge < -0.3 is 9.84 Å². The zero-order valence-corrected chi connectivity index (χ0v) is 10.5. The van der Waals surface area contributed by atoms with Crippen molar-refractivity contribution in [1.29, 1.82) is 0 Å². The molecule has 5 heteroatoms. The fraction of sp³-hybridized carbons (Fsp3) is 0.357. The molecule has 1 aromatic carbocycles. The Labute approximate surface area is 110 Å². The van der Waals surface area contributed by atoms with Crippen LogP contribution in [0.15, 0.2) is 24.3 Å². The average Bonchev–Trinajstić information content (AvgIpc) is 2.63. The lowest BCUT2D eigenvalue weighted by molar-refractivity contribution is -0.155. The second-order valence-electron chi connectivity index (χ2n) is 4.41. The molecule has 1 N–H and O–H groups in total. The highest BCUT2D eigenvalue weighted by molar-refractivity contribution is 6.32. The molecule has 5 nitrogen and oxygen atoms in total. The van der Waals surface area contributed by atoms with Gasteiger partial charge in [0.1, 0.15) is 6.61 Å². The van der Waals surface area contributed by atoms with E-state index in [4.69, 9.17) is 9.84 Å². The SMILES string of the molecule is CCCC1(OC(=O)CO)C(=O)c2ccccc2C1=O. The van der Waals surface area contributed by atoms with E-state index in [1.165, 1.54) is 0 Å². The normalized spacial score (nSPS) is 16.3. The number of benzene rings is 1. The second-order valence-corrected chi connectivity index (χ2v) is 4.41. The number of hydrogen-bond acceptors (Lipinski definition) is 5. The number of aliphatic hydroxyl groups is 1. The van der Waals surface area contributed by atoms with Gasteiger partial charge in [0.15, 0.2) is 0 Å². The molecule has 1 aliphatic carbocycles. The van der Waals surface area contributed by atoms with Crippen molar-refractivity contribution in [2.45, 2.75) is 25.4 Å². The van der Waals surface area contributed by atoms with Crippen LogP contribution in [-0.4, -0.2) is 34.9 Å². The third-order valence-corrected chi connectivity index (χ3v) is 3.17. The maximum absolute atomic E-state index is 12.4.